The highest BCUT2D eigenvalue weighted by molar-refractivity contribution is 6.30. The van der Waals surface area contributed by atoms with Gasteiger partial charge in [-0.05, 0) is 45.3 Å². The molecule has 4 atom stereocenters. The molecule has 1 aliphatic carbocycles. The molecule has 0 radical (unpaired) electrons. The molecule has 0 aromatic carbocycles. The molecule has 1 heterocycles. The first-order valence-electron chi connectivity index (χ1n) is 11.9. The van der Waals surface area contributed by atoms with Crippen LogP contribution in [0.4, 0.5) is 0 Å². The van der Waals surface area contributed by atoms with Gasteiger partial charge in [-0.2, -0.15) is 0 Å². The number of amides is 2. The second-order valence-electron chi connectivity index (χ2n) is 9.04. The lowest BCUT2D eigenvalue weighted by Gasteiger charge is -2.31. The summed E-state index contributed by atoms with van der Waals surface area (Å²) < 4.78 is 0. The molecule has 2 rings (SSSR count). The molecule has 0 aromatic rings. The molecular formula is C23H39ClN8O3. The van der Waals surface area contributed by atoms with E-state index in [4.69, 9.17) is 33.3 Å². The molecule has 0 spiro atoms. The Balaban J connectivity index is 1.98. The highest BCUT2D eigenvalue weighted by Crippen LogP contribution is 2.30. The number of nitrogens with two attached hydrogens (primary N) is 1. The van der Waals surface area contributed by atoms with Crippen LogP contribution >= 0.6 is 11.6 Å². The van der Waals surface area contributed by atoms with Gasteiger partial charge in [-0.3, -0.25) is 25.6 Å². The van der Waals surface area contributed by atoms with E-state index in [2.05, 4.69) is 45.2 Å². The Hall–Kier alpha value is -2.47. The minimum absolute atomic E-state index is 0.0735. The predicted molar refractivity (Wildman–Crippen MR) is 137 cm³/mol. The number of carbonyl (C=O) groups is 2. The van der Waals surface area contributed by atoms with E-state index in [0.29, 0.717) is 19.4 Å². The molecule has 0 bridgehead atoms. The zero-order chi connectivity index (χ0) is 26.2. The maximum atomic E-state index is 13.1. The fraction of sp³-hybridized carbons (Fsp3) is 0.652. The summed E-state index contributed by atoms with van der Waals surface area (Å²) in [6.07, 6.45) is 5.92. The van der Waals surface area contributed by atoms with Gasteiger partial charge < -0.3 is 31.8 Å². The van der Waals surface area contributed by atoms with Crippen LogP contribution in [-0.2, 0) is 9.59 Å². The van der Waals surface area contributed by atoms with Crippen LogP contribution in [0.25, 0.3) is 0 Å². The first-order valence-corrected chi connectivity index (χ1v) is 12.3. The number of hydrogen-bond acceptors (Lipinski definition) is 8. The minimum Gasteiger partial charge on any atom is -0.395 e. The number of hydrogen-bond donors (Lipinski definition) is 8. The third-order valence-electron chi connectivity index (χ3n) is 6.52. The summed E-state index contributed by atoms with van der Waals surface area (Å²) in [5.74, 6) is -0.638. The first kappa shape index (κ1) is 28.8. The molecule has 9 N–H and O–H groups in total. The van der Waals surface area contributed by atoms with Crippen molar-refractivity contribution in [3.63, 3.8) is 0 Å². The third-order valence-corrected chi connectivity index (χ3v) is 6.90. The Labute approximate surface area is 211 Å². The smallest absolute Gasteiger partial charge is 0.233 e. The maximum Gasteiger partial charge on any atom is 0.233 e. The second kappa shape index (κ2) is 13.0. The second-order valence-corrected chi connectivity index (χ2v) is 9.48. The van der Waals surface area contributed by atoms with Gasteiger partial charge in [0.25, 0.3) is 0 Å². The Bertz CT molecular complexity index is 877. The molecule has 0 saturated carbocycles. The zero-order valence-electron chi connectivity index (χ0n) is 20.7. The van der Waals surface area contributed by atoms with E-state index in [1.54, 1.807) is 13.8 Å². The SMILES string of the molecule is CCN1C2=CC(CCC(=O)NCCO)=CCC2NC1CNC(=O)C(C)(CNC(Cl)C(=N)N)C(C)=N. The number of nitrogens with zero attached hydrogens (tertiary/aromatic N) is 1. The zero-order valence-corrected chi connectivity index (χ0v) is 21.5. The van der Waals surface area contributed by atoms with Gasteiger partial charge in [-0.1, -0.05) is 17.7 Å². The lowest BCUT2D eigenvalue weighted by atomic mass is 9.84. The van der Waals surface area contributed by atoms with Crippen molar-refractivity contribution in [1.82, 2.24) is 26.2 Å². The number of halogens is 1. The number of carbonyl (C=O) groups excluding carboxylic acids is 2. The maximum absolute atomic E-state index is 13.1. The van der Waals surface area contributed by atoms with Crippen LogP contribution in [-0.4, -0.2) is 83.9 Å². The summed E-state index contributed by atoms with van der Waals surface area (Å²) in [5, 5.41) is 36.4. The van der Waals surface area contributed by atoms with Gasteiger partial charge in [0.2, 0.25) is 11.8 Å². The number of aliphatic hydroxyl groups is 1. The molecule has 35 heavy (non-hydrogen) atoms. The molecule has 12 heteroatoms. The topological polar surface area (TPSA) is 179 Å². The van der Waals surface area contributed by atoms with E-state index in [1.807, 2.05) is 0 Å². The summed E-state index contributed by atoms with van der Waals surface area (Å²) in [6, 6.07) is 0.133. The largest absolute Gasteiger partial charge is 0.395 e. The number of amidine groups is 1. The number of nitrogens with one attached hydrogen (secondary N) is 6. The lowest BCUT2D eigenvalue weighted by molar-refractivity contribution is -0.127. The molecule has 1 fully saturated rings. The van der Waals surface area contributed by atoms with Crippen molar-refractivity contribution in [2.45, 2.75) is 57.7 Å². The summed E-state index contributed by atoms with van der Waals surface area (Å²) >= 11 is 5.97. The highest BCUT2D eigenvalue weighted by atomic mass is 35.5. The number of rotatable bonds is 14. The number of fused-ring (bicyclic) bond motifs is 1. The number of aliphatic hydroxyl groups excluding tert-OH is 1. The van der Waals surface area contributed by atoms with Gasteiger partial charge >= 0.3 is 0 Å². The van der Waals surface area contributed by atoms with E-state index < -0.39 is 10.9 Å². The molecule has 2 aliphatic rings. The molecule has 2 amide bonds. The van der Waals surface area contributed by atoms with Crippen LogP contribution in [0.1, 0.15) is 40.0 Å². The normalized spacial score (nSPS) is 21.8. The van der Waals surface area contributed by atoms with Gasteiger partial charge in [0.15, 0.2) is 0 Å². The van der Waals surface area contributed by atoms with Crippen molar-refractivity contribution in [3.8, 4) is 0 Å². The van der Waals surface area contributed by atoms with Crippen molar-refractivity contribution in [1.29, 1.82) is 10.8 Å². The van der Waals surface area contributed by atoms with E-state index in [-0.39, 0.29) is 55.3 Å². The van der Waals surface area contributed by atoms with Gasteiger partial charge in [0.1, 0.15) is 11.3 Å². The monoisotopic (exact) mass is 510 g/mol. The summed E-state index contributed by atoms with van der Waals surface area (Å²) in [5.41, 5.74) is 5.75. The summed E-state index contributed by atoms with van der Waals surface area (Å²) in [4.78, 5) is 27.2. The van der Waals surface area contributed by atoms with Crippen LogP contribution in [0.5, 0.6) is 0 Å². The van der Waals surface area contributed by atoms with Gasteiger partial charge in [-0.15, -0.1) is 0 Å². The standard InChI is InChI=1S/C23H39ClN8O3/c1-4-32-17-11-15(6-8-19(34)28-9-10-33)5-7-16(17)31-18(32)12-29-22(35)23(3,14(2)25)13-30-20(24)21(26)27/h5,11,16,18,20,25,30-31,33H,4,6-10,12-13H2,1-3H3,(H3,26,27)(H,28,34)(H,29,35). The molecule has 1 saturated heterocycles. The average molecular weight is 511 g/mol. The van der Waals surface area contributed by atoms with E-state index >= 15 is 0 Å². The van der Waals surface area contributed by atoms with Crippen LogP contribution < -0.4 is 27.0 Å². The fourth-order valence-electron chi connectivity index (χ4n) is 4.14. The van der Waals surface area contributed by atoms with E-state index in [9.17, 15) is 9.59 Å². The molecular weight excluding hydrogens is 472 g/mol. The Morgan fingerprint density at radius 1 is 1.40 bits per heavy atom. The molecule has 1 aliphatic heterocycles. The molecule has 11 nitrogen and oxygen atoms in total. The van der Waals surface area contributed by atoms with Crippen LogP contribution in [0.2, 0.25) is 0 Å². The fourth-order valence-corrected chi connectivity index (χ4v) is 4.21. The van der Waals surface area contributed by atoms with Crippen molar-refractivity contribution in [2.24, 2.45) is 11.1 Å². The Kier molecular flexibility index (Phi) is 10.7. The summed E-state index contributed by atoms with van der Waals surface area (Å²) in [7, 11) is 0. The van der Waals surface area contributed by atoms with Crippen LogP contribution in [0, 0.1) is 16.2 Å². The highest BCUT2D eigenvalue weighted by Gasteiger charge is 2.39. The van der Waals surface area contributed by atoms with Crippen LogP contribution in [0.15, 0.2) is 23.4 Å². The van der Waals surface area contributed by atoms with Gasteiger partial charge in [0, 0.05) is 37.5 Å². The van der Waals surface area contributed by atoms with E-state index in [1.165, 1.54) is 0 Å². The van der Waals surface area contributed by atoms with Gasteiger partial charge in [-0.25, -0.2) is 0 Å². The number of alkyl halides is 1. The van der Waals surface area contributed by atoms with Crippen molar-refractivity contribution < 1.29 is 14.7 Å². The average Bonchev–Trinajstić information content (AvgIpc) is 3.19. The first-order chi connectivity index (χ1) is 16.5. The third kappa shape index (κ3) is 7.50. The number of allylic oxidation sites excluding steroid dienone is 2. The van der Waals surface area contributed by atoms with E-state index in [0.717, 1.165) is 24.2 Å². The van der Waals surface area contributed by atoms with Crippen molar-refractivity contribution in [2.75, 3.05) is 32.8 Å². The minimum atomic E-state index is -1.14. The Morgan fingerprint density at radius 3 is 2.71 bits per heavy atom. The van der Waals surface area contributed by atoms with Crippen molar-refractivity contribution in [3.05, 3.63) is 23.4 Å². The molecule has 196 valence electrons. The quantitative estimate of drug-likeness (QED) is 0.0698. The number of likely N-dealkylation sites (N-methyl/N-ethyl adjacent to an activating group) is 1. The predicted octanol–water partition coefficient (Wildman–Crippen LogP) is -0.0385. The Morgan fingerprint density at radius 2 is 2.11 bits per heavy atom. The molecule has 0 aromatic heterocycles. The lowest BCUT2D eigenvalue weighted by Crippen LogP contribution is -2.55. The van der Waals surface area contributed by atoms with Gasteiger partial charge in [0.05, 0.1) is 30.8 Å². The van der Waals surface area contributed by atoms with Crippen LogP contribution in [0.3, 0.4) is 0 Å². The molecule has 4 unspecified atom stereocenters. The summed E-state index contributed by atoms with van der Waals surface area (Å²) in [6.45, 7) is 6.64. The van der Waals surface area contributed by atoms with Crippen molar-refractivity contribution >= 4 is 35.0 Å².